The summed E-state index contributed by atoms with van der Waals surface area (Å²) in [5.41, 5.74) is 1.78. The van der Waals surface area contributed by atoms with Gasteiger partial charge in [-0.25, -0.2) is 4.79 Å². The van der Waals surface area contributed by atoms with Gasteiger partial charge in [-0.05, 0) is 36.6 Å². The average Bonchev–Trinajstić information content (AvgIpc) is 2.36. The Balaban J connectivity index is 2.41. The summed E-state index contributed by atoms with van der Waals surface area (Å²) in [6.07, 6.45) is 1.57. The van der Waals surface area contributed by atoms with E-state index in [1.165, 1.54) is 13.0 Å². The Hall–Kier alpha value is -2.17. The van der Waals surface area contributed by atoms with Crippen LogP contribution in [0.4, 0.5) is 5.69 Å². The third kappa shape index (κ3) is 2.11. The molecule has 5 heteroatoms. The predicted molar refractivity (Wildman–Crippen MR) is 64.8 cm³/mol. The van der Waals surface area contributed by atoms with Crippen LogP contribution in [-0.4, -0.2) is 29.3 Å². The van der Waals surface area contributed by atoms with E-state index in [1.807, 2.05) is 0 Å². The van der Waals surface area contributed by atoms with E-state index < -0.39 is 11.8 Å². The molecule has 0 radical (unpaired) electrons. The Morgan fingerprint density at radius 2 is 2.00 bits per heavy atom. The molecular weight excluding hydrogens is 234 g/mol. The topological polar surface area (TPSA) is 74.7 Å². The molecule has 1 heterocycles. The van der Waals surface area contributed by atoms with E-state index in [2.05, 4.69) is 0 Å². The number of fused-ring (bicyclic) bond motifs is 1. The number of aliphatic carboxylic acids is 1. The lowest BCUT2D eigenvalue weighted by Crippen LogP contribution is -2.33. The summed E-state index contributed by atoms with van der Waals surface area (Å²) in [5.74, 6) is -2.43. The summed E-state index contributed by atoms with van der Waals surface area (Å²) in [6, 6.07) is 4.67. The molecule has 0 saturated heterocycles. The first-order chi connectivity index (χ1) is 8.50. The average molecular weight is 247 g/mol. The molecule has 2 rings (SSSR count). The minimum Gasteiger partial charge on any atom is -0.475 e. The van der Waals surface area contributed by atoms with Gasteiger partial charge in [0.1, 0.15) is 0 Å². The summed E-state index contributed by atoms with van der Waals surface area (Å²) in [5, 5.41) is 8.67. The Labute approximate surface area is 104 Å². The van der Waals surface area contributed by atoms with Gasteiger partial charge in [-0.15, -0.1) is 0 Å². The number of carbonyl (C=O) groups is 3. The Kier molecular flexibility index (Phi) is 3.14. The maximum Gasteiger partial charge on any atom is 0.377 e. The second-order valence-electron chi connectivity index (χ2n) is 4.25. The zero-order valence-electron chi connectivity index (χ0n) is 9.97. The molecular formula is C13H13NO4. The van der Waals surface area contributed by atoms with Gasteiger partial charge in [0.05, 0.1) is 0 Å². The quantitative estimate of drug-likeness (QED) is 0.630. The van der Waals surface area contributed by atoms with Crippen molar-refractivity contribution in [3.63, 3.8) is 0 Å². The fraction of sp³-hybridized carbons (Fsp3) is 0.308. The first-order valence-electron chi connectivity index (χ1n) is 5.69. The van der Waals surface area contributed by atoms with Gasteiger partial charge in [0.2, 0.25) is 5.91 Å². The Bertz CT molecular complexity index is 536. The zero-order valence-corrected chi connectivity index (χ0v) is 9.97. The van der Waals surface area contributed by atoms with Crippen LogP contribution in [0.15, 0.2) is 18.2 Å². The lowest BCUT2D eigenvalue weighted by molar-refractivity contribution is -0.131. The minimum absolute atomic E-state index is 0.0479. The van der Waals surface area contributed by atoms with Gasteiger partial charge < -0.3 is 10.0 Å². The predicted octanol–water partition coefficient (Wildman–Crippen LogP) is 1.25. The number of benzene rings is 1. The summed E-state index contributed by atoms with van der Waals surface area (Å²) < 4.78 is 0. The van der Waals surface area contributed by atoms with Gasteiger partial charge in [-0.3, -0.25) is 9.59 Å². The highest BCUT2D eigenvalue weighted by Crippen LogP contribution is 2.28. The van der Waals surface area contributed by atoms with Crippen molar-refractivity contribution in [1.29, 1.82) is 0 Å². The zero-order chi connectivity index (χ0) is 13.3. The molecule has 5 nitrogen and oxygen atoms in total. The van der Waals surface area contributed by atoms with Crippen LogP contribution in [-0.2, 0) is 16.0 Å². The van der Waals surface area contributed by atoms with E-state index in [1.54, 1.807) is 17.0 Å². The number of hydrogen-bond acceptors (Lipinski definition) is 3. The highest BCUT2D eigenvalue weighted by molar-refractivity contribution is 6.39. The number of rotatable bonds is 2. The van der Waals surface area contributed by atoms with E-state index in [0.29, 0.717) is 6.54 Å². The molecule has 1 amide bonds. The van der Waals surface area contributed by atoms with Crippen molar-refractivity contribution in [2.45, 2.75) is 19.8 Å². The van der Waals surface area contributed by atoms with Crippen molar-refractivity contribution in [3.8, 4) is 0 Å². The number of Topliss-reactive ketones (excluding diaryl/α,β-unsaturated/α-hetero) is 1. The van der Waals surface area contributed by atoms with Crippen molar-refractivity contribution in [2.75, 3.05) is 11.4 Å². The number of hydrogen-bond donors (Lipinski definition) is 1. The number of nitrogens with zero attached hydrogens (tertiary/aromatic N) is 1. The van der Waals surface area contributed by atoms with Crippen LogP contribution in [0.3, 0.4) is 0 Å². The molecule has 1 aromatic carbocycles. The molecule has 0 saturated carbocycles. The van der Waals surface area contributed by atoms with Gasteiger partial charge >= 0.3 is 5.97 Å². The second kappa shape index (κ2) is 4.60. The van der Waals surface area contributed by atoms with Crippen molar-refractivity contribution in [3.05, 3.63) is 29.3 Å². The fourth-order valence-corrected chi connectivity index (χ4v) is 2.19. The van der Waals surface area contributed by atoms with E-state index in [4.69, 9.17) is 5.11 Å². The smallest absolute Gasteiger partial charge is 0.377 e. The first kappa shape index (κ1) is 12.3. The fourth-order valence-electron chi connectivity index (χ4n) is 2.19. The number of amides is 1. The van der Waals surface area contributed by atoms with Gasteiger partial charge in [-0.1, -0.05) is 0 Å². The maximum absolute atomic E-state index is 11.5. The first-order valence-corrected chi connectivity index (χ1v) is 5.69. The number of ketones is 1. The molecule has 0 fully saturated rings. The molecule has 1 aliphatic rings. The summed E-state index contributed by atoms with van der Waals surface area (Å²) in [4.78, 5) is 35.1. The van der Waals surface area contributed by atoms with Crippen LogP contribution < -0.4 is 4.90 Å². The van der Waals surface area contributed by atoms with Crippen LogP contribution in [0.5, 0.6) is 0 Å². The summed E-state index contributed by atoms with van der Waals surface area (Å²) in [6.45, 7) is 2.15. The monoisotopic (exact) mass is 247 g/mol. The summed E-state index contributed by atoms with van der Waals surface area (Å²) in [7, 11) is 0. The van der Waals surface area contributed by atoms with E-state index in [-0.39, 0.29) is 11.5 Å². The van der Waals surface area contributed by atoms with Crippen molar-refractivity contribution in [1.82, 2.24) is 0 Å². The normalized spacial score (nSPS) is 13.9. The third-order valence-corrected chi connectivity index (χ3v) is 3.03. The molecule has 1 aliphatic heterocycles. The van der Waals surface area contributed by atoms with Crippen LogP contribution >= 0.6 is 0 Å². The van der Waals surface area contributed by atoms with Gasteiger partial charge in [-0.2, -0.15) is 0 Å². The molecule has 1 N–H and O–H groups in total. The maximum atomic E-state index is 11.5. The SMILES string of the molecule is CC(=O)N1CCCc2cc(C(=O)C(=O)O)ccc21. The molecule has 0 bridgehead atoms. The molecule has 94 valence electrons. The highest BCUT2D eigenvalue weighted by atomic mass is 16.4. The van der Waals surface area contributed by atoms with Crippen LogP contribution in [0.25, 0.3) is 0 Å². The second-order valence-corrected chi connectivity index (χ2v) is 4.25. The molecule has 0 spiro atoms. The molecule has 18 heavy (non-hydrogen) atoms. The minimum atomic E-state index is -1.46. The number of anilines is 1. The third-order valence-electron chi connectivity index (χ3n) is 3.03. The lowest BCUT2D eigenvalue weighted by atomic mass is 9.97. The number of carboxylic acids is 1. The van der Waals surface area contributed by atoms with Gasteiger partial charge in [0, 0.05) is 24.7 Å². The van der Waals surface area contributed by atoms with E-state index in [9.17, 15) is 14.4 Å². The Morgan fingerprint density at radius 1 is 1.28 bits per heavy atom. The summed E-state index contributed by atoms with van der Waals surface area (Å²) >= 11 is 0. The molecule has 0 unspecified atom stereocenters. The van der Waals surface area contributed by atoms with Crippen molar-refractivity contribution < 1.29 is 19.5 Å². The standard InChI is InChI=1S/C13H13NO4/c1-8(15)14-6-2-3-9-7-10(4-5-11(9)14)12(16)13(17)18/h4-5,7H,2-3,6H2,1H3,(H,17,18). The van der Waals surface area contributed by atoms with Crippen molar-refractivity contribution in [2.24, 2.45) is 0 Å². The van der Waals surface area contributed by atoms with Gasteiger partial charge in [0.15, 0.2) is 0 Å². The molecule has 0 atom stereocenters. The van der Waals surface area contributed by atoms with Crippen LogP contribution in [0.1, 0.15) is 29.3 Å². The number of carboxylic acid groups (broad SMARTS) is 1. The van der Waals surface area contributed by atoms with Crippen LogP contribution in [0.2, 0.25) is 0 Å². The largest absolute Gasteiger partial charge is 0.475 e. The number of aryl methyl sites for hydroxylation is 1. The Morgan fingerprint density at radius 3 is 2.61 bits per heavy atom. The van der Waals surface area contributed by atoms with Crippen molar-refractivity contribution >= 4 is 23.3 Å². The van der Waals surface area contributed by atoms with E-state index in [0.717, 1.165) is 24.1 Å². The lowest BCUT2D eigenvalue weighted by Gasteiger charge is -2.28. The molecule has 0 aliphatic carbocycles. The molecule has 0 aromatic heterocycles. The molecule has 1 aromatic rings. The van der Waals surface area contributed by atoms with Gasteiger partial charge in [0.25, 0.3) is 5.78 Å². The van der Waals surface area contributed by atoms with Crippen LogP contribution in [0, 0.1) is 0 Å². The highest BCUT2D eigenvalue weighted by Gasteiger charge is 2.22. The number of carbonyl (C=O) groups excluding carboxylic acids is 2. The van der Waals surface area contributed by atoms with E-state index >= 15 is 0 Å².